The monoisotopic (exact) mass is 429 g/mol. The Kier molecular flexibility index (Phi) is 6.83. The minimum absolute atomic E-state index is 0.109. The van der Waals surface area contributed by atoms with E-state index in [1.165, 1.54) is 16.9 Å². The molecule has 1 aliphatic carbocycles. The van der Waals surface area contributed by atoms with Crippen molar-refractivity contribution in [2.24, 2.45) is 0 Å². The summed E-state index contributed by atoms with van der Waals surface area (Å²) in [5, 5.41) is 25.7. The standard InChI is InChI=1S/C23H31N3O3S/c27-18-8-12-26(13-9-18)20-6-10-23(11-7-21(20)28,17-4-2-1-3-5-17)15-24-22(29)19-14-30-16-25-19/h1-5,14,16,18,20-21,27-28H,6-13,15H2,(H,24,29)/t20-,21-,23-/m0/s1. The number of thiazole rings is 1. The molecule has 1 aromatic carbocycles. The van der Waals surface area contributed by atoms with Crippen LogP contribution in [0.2, 0.25) is 0 Å². The van der Waals surface area contributed by atoms with E-state index in [-0.39, 0.29) is 29.6 Å². The Balaban J connectivity index is 1.52. The number of nitrogens with one attached hydrogen (secondary N) is 1. The number of aromatic nitrogens is 1. The van der Waals surface area contributed by atoms with Crippen LogP contribution in [0.4, 0.5) is 0 Å². The number of aliphatic hydroxyl groups is 2. The average molecular weight is 430 g/mol. The maximum atomic E-state index is 12.6. The fourth-order valence-electron chi connectivity index (χ4n) is 5.03. The molecular formula is C23H31N3O3S. The van der Waals surface area contributed by atoms with Gasteiger partial charge in [-0.25, -0.2) is 4.98 Å². The first-order valence-corrected chi connectivity index (χ1v) is 11.8. The van der Waals surface area contributed by atoms with Crippen molar-refractivity contribution in [3.63, 3.8) is 0 Å². The Hall–Kier alpha value is -1.80. The molecule has 0 bridgehead atoms. The number of carbonyl (C=O) groups excluding carboxylic acids is 1. The van der Waals surface area contributed by atoms with Gasteiger partial charge in [-0.2, -0.15) is 0 Å². The molecule has 2 fully saturated rings. The summed E-state index contributed by atoms with van der Waals surface area (Å²) in [6, 6.07) is 10.5. The zero-order valence-electron chi connectivity index (χ0n) is 17.2. The second-order valence-electron chi connectivity index (χ2n) is 8.68. The molecular weight excluding hydrogens is 398 g/mol. The van der Waals surface area contributed by atoms with Gasteiger partial charge in [-0.1, -0.05) is 30.3 Å². The van der Waals surface area contributed by atoms with E-state index < -0.39 is 0 Å². The fourth-order valence-corrected chi connectivity index (χ4v) is 5.56. The van der Waals surface area contributed by atoms with Gasteiger partial charge in [0.25, 0.3) is 5.91 Å². The van der Waals surface area contributed by atoms with Crippen LogP contribution in [0, 0.1) is 0 Å². The van der Waals surface area contributed by atoms with E-state index in [0.29, 0.717) is 18.7 Å². The molecule has 0 radical (unpaired) electrons. The van der Waals surface area contributed by atoms with E-state index in [1.54, 1.807) is 10.9 Å². The van der Waals surface area contributed by atoms with Crippen LogP contribution in [0.25, 0.3) is 0 Å². The van der Waals surface area contributed by atoms with E-state index in [1.807, 2.05) is 18.2 Å². The number of piperidine rings is 1. The molecule has 3 N–H and O–H groups in total. The van der Waals surface area contributed by atoms with Gasteiger partial charge in [0.05, 0.1) is 17.7 Å². The normalized spacial score (nSPS) is 28.7. The molecule has 2 aromatic rings. The first-order chi connectivity index (χ1) is 14.6. The van der Waals surface area contributed by atoms with Crippen LogP contribution in [0.1, 0.15) is 54.6 Å². The molecule has 0 spiro atoms. The van der Waals surface area contributed by atoms with Crippen molar-refractivity contribution in [3.8, 4) is 0 Å². The largest absolute Gasteiger partial charge is 0.393 e. The number of likely N-dealkylation sites (tertiary alicyclic amines) is 1. The number of carbonyl (C=O) groups is 1. The first kappa shape index (κ1) is 21.4. The van der Waals surface area contributed by atoms with E-state index in [0.717, 1.165) is 45.2 Å². The van der Waals surface area contributed by atoms with Gasteiger partial charge in [0.2, 0.25) is 0 Å². The fraction of sp³-hybridized carbons (Fsp3) is 0.565. The SMILES string of the molecule is O=C(NC[C@@]1(c2ccccc2)CC[C@H](O)[C@@H](N2CCC(O)CC2)CC1)c1cscn1. The summed E-state index contributed by atoms with van der Waals surface area (Å²) in [5.74, 6) is -0.141. The second-order valence-corrected chi connectivity index (χ2v) is 9.40. The van der Waals surface area contributed by atoms with E-state index >= 15 is 0 Å². The lowest BCUT2D eigenvalue weighted by Crippen LogP contribution is -2.48. The highest BCUT2D eigenvalue weighted by Crippen LogP contribution is 2.39. The Morgan fingerprint density at radius 3 is 2.57 bits per heavy atom. The van der Waals surface area contributed by atoms with Gasteiger partial charge in [-0.15, -0.1) is 11.3 Å². The Labute approximate surface area is 182 Å². The number of benzene rings is 1. The van der Waals surface area contributed by atoms with Crippen molar-refractivity contribution in [1.82, 2.24) is 15.2 Å². The topological polar surface area (TPSA) is 85.7 Å². The van der Waals surface area contributed by atoms with E-state index in [4.69, 9.17) is 0 Å². The average Bonchev–Trinajstić information content (AvgIpc) is 3.26. The van der Waals surface area contributed by atoms with Crippen LogP contribution in [-0.2, 0) is 5.41 Å². The third-order valence-electron chi connectivity index (χ3n) is 6.89. The summed E-state index contributed by atoms with van der Waals surface area (Å²) >= 11 is 1.42. The van der Waals surface area contributed by atoms with Gasteiger partial charge in [-0.3, -0.25) is 9.69 Å². The lowest BCUT2D eigenvalue weighted by molar-refractivity contribution is 0.00482. The molecule has 1 saturated carbocycles. The number of amides is 1. The summed E-state index contributed by atoms with van der Waals surface area (Å²) in [5.41, 5.74) is 3.13. The van der Waals surface area contributed by atoms with Crippen molar-refractivity contribution < 1.29 is 15.0 Å². The second kappa shape index (κ2) is 9.56. The van der Waals surface area contributed by atoms with E-state index in [9.17, 15) is 15.0 Å². The van der Waals surface area contributed by atoms with Crippen molar-refractivity contribution in [1.29, 1.82) is 0 Å². The molecule has 162 valence electrons. The Bertz CT molecular complexity index is 808. The maximum Gasteiger partial charge on any atom is 0.270 e. The van der Waals surface area contributed by atoms with Crippen LogP contribution < -0.4 is 5.32 Å². The van der Waals surface area contributed by atoms with Crippen LogP contribution in [0.15, 0.2) is 41.2 Å². The zero-order chi connectivity index (χ0) is 21.0. The van der Waals surface area contributed by atoms with Crippen molar-refractivity contribution in [2.75, 3.05) is 19.6 Å². The molecule has 4 rings (SSSR count). The van der Waals surface area contributed by atoms with Gasteiger partial charge in [-0.05, 0) is 44.1 Å². The molecule has 6 nitrogen and oxygen atoms in total. The summed E-state index contributed by atoms with van der Waals surface area (Å²) in [4.78, 5) is 19.0. The molecule has 1 saturated heterocycles. The van der Waals surface area contributed by atoms with Gasteiger partial charge in [0.15, 0.2) is 0 Å². The van der Waals surface area contributed by atoms with Crippen LogP contribution in [0.5, 0.6) is 0 Å². The first-order valence-electron chi connectivity index (χ1n) is 10.9. The van der Waals surface area contributed by atoms with Crippen molar-refractivity contribution in [2.45, 2.75) is 62.2 Å². The third kappa shape index (κ3) is 4.75. The minimum atomic E-state index is -0.389. The lowest BCUT2D eigenvalue weighted by atomic mass is 9.74. The maximum absolute atomic E-state index is 12.6. The highest BCUT2D eigenvalue weighted by atomic mass is 32.1. The Morgan fingerprint density at radius 2 is 1.87 bits per heavy atom. The van der Waals surface area contributed by atoms with Crippen LogP contribution >= 0.6 is 11.3 Å². The highest BCUT2D eigenvalue weighted by molar-refractivity contribution is 7.07. The quantitative estimate of drug-likeness (QED) is 0.636. The summed E-state index contributed by atoms with van der Waals surface area (Å²) < 4.78 is 0. The number of rotatable bonds is 5. The minimum Gasteiger partial charge on any atom is -0.393 e. The zero-order valence-corrected chi connectivity index (χ0v) is 18.1. The molecule has 1 aromatic heterocycles. The highest BCUT2D eigenvalue weighted by Gasteiger charge is 2.40. The molecule has 0 unspecified atom stereocenters. The molecule has 1 amide bonds. The van der Waals surface area contributed by atoms with Crippen molar-refractivity contribution in [3.05, 3.63) is 52.5 Å². The van der Waals surface area contributed by atoms with Gasteiger partial charge >= 0.3 is 0 Å². The summed E-state index contributed by atoms with van der Waals surface area (Å²) in [6.07, 6.45) is 4.24. The van der Waals surface area contributed by atoms with Gasteiger partial charge < -0.3 is 15.5 Å². The van der Waals surface area contributed by atoms with Crippen LogP contribution in [-0.4, -0.2) is 63.9 Å². The summed E-state index contributed by atoms with van der Waals surface area (Å²) in [6.45, 7) is 2.20. The van der Waals surface area contributed by atoms with Gasteiger partial charge in [0, 0.05) is 36.5 Å². The van der Waals surface area contributed by atoms with Crippen molar-refractivity contribution >= 4 is 17.2 Å². The smallest absolute Gasteiger partial charge is 0.270 e. The number of hydrogen-bond donors (Lipinski definition) is 3. The molecule has 3 atom stereocenters. The molecule has 2 aliphatic rings. The Morgan fingerprint density at radius 1 is 1.13 bits per heavy atom. The number of hydrogen-bond acceptors (Lipinski definition) is 6. The third-order valence-corrected chi connectivity index (χ3v) is 7.47. The lowest BCUT2D eigenvalue weighted by Gasteiger charge is -2.38. The predicted octanol–water partition coefficient (Wildman–Crippen LogP) is 2.57. The van der Waals surface area contributed by atoms with E-state index in [2.05, 4.69) is 27.3 Å². The van der Waals surface area contributed by atoms with Gasteiger partial charge in [0.1, 0.15) is 5.69 Å². The van der Waals surface area contributed by atoms with Crippen LogP contribution in [0.3, 0.4) is 0 Å². The number of nitrogens with zero attached hydrogens (tertiary/aromatic N) is 2. The predicted molar refractivity (Wildman–Crippen MR) is 118 cm³/mol. The molecule has 1 aliphatic heterocycles. The number of aliphatic hydroxyl groups excluding tert-OH is 2. The summed E-state index contributed by atoms with van der Waals surface area (Å²) in [7, 11) is 0. The molecule has 7 heteroatoms. The molecule has 2 heterocycles. The molecule has 30 heavy (non-hydrogen) atoms.